The second kappa shape index (κ2) is 9.74. The number of methoxy groups -OCH3 is 1. The molecule has 0 bridgehead atoms. The van der Waals surface area contributed by atoms with Crippen molar-refractivity contribution in [3.8, 4) is 11.5 Å². The van der Waals surface area contributed by atoms with Gasteiger partial charge in [-0.3, -0.25) is 14.2 Å². The number of amides is 1. The summed E-state index contributed by atoms with van der Waals surface area (Å²) in [6, 6.07) is 5.39. The molecule has 1 aliphatic rings. The van der Waals surface area contributed by atoms with E-state index in [1.54, 1.807) is 30.6 Å². The Balaban J connectivity index is 1.44. The second-order valence-electron chi connectivity index (χ2n) is 8.58. The van der Waals surface area contributed by atoms with Crippen LogP contribution in [0.3, 0.4) is 0 Å². The highest BCUT2D eigenvalue weighted by Crippen LogP contribution is 2.35. The van der Waals surface area contributed by atoms with Gasteiger partial charge in [0.1, 0.15) is 11.4 Å². The van der Waals surface area contributed by atoms with Gasteiger partial charge in [0.2, 0.25) is 0 Å². The van der Waals surface area contributed by atoms with Gasteiger partial charge in [0.15, 0.2) is 11.5 Å². The van der Waals surface area contributed by atoms with E-state index in [2.05, 4.69) is 22.4 Å². The lowest BCUT2D eigenvalue weighted by molar-refractivity contribution is -0.121. The van der Waals surface area contributed by atoms with Crippen LogP contribution in [0, 0.1) is 5.92 Å². The smallest absolute Gasteiger partial charge is 0.262 e. The van der Waals surface area contributed by atoms with Crippen molar-refractivity contribution in [3.05, 3.63) is 50.9 Å². The van der Waals surface area contributed by atoms with Crippen molar-refractivity contribution < 1.29 is 14.3 Å². The van der Waals surface area contributed by atoms with Crippen molar-refractivity contribution in [1.82, 2.24) is 15.0 Å². The number of rotatable bonds is 7. The second-order valence-corrected chi connectivity index (χ2v) is 9.66. The van der Waals surface area contributed by atoms with Crippen LogP contribution in [0.5, 0.6) is 11.5 Å². The Hall–Kier alpha value is -3.20. The van der Waals surface area contributed by atoms with Crippen LogP contribution in [-0.2, 0) is 24.2 Å². The third-order valence-corrected chi connectivity index (χ3v) is 6.71. The van der Waals surface area contributed by atoms with Crippen LogP contribution >= 0.6 is 11.3 Å². The molecule has 0 radical (unpaired) electrons. The number of nitrogens with one attached hydrogen (secondary N) is 1. The van der Waals surface area contributed by atoms with Gasteiger partial charge in [-0.15, -0.1) is 11.3 Å². The standard InChI is InChI=1S/C24H28N4O4S/c1-14(2)32-18-8-6-16(10-19(18)31-4)11-26-27-21(29)12-28-13-25-23-22(24(28)30)17-7-5-15(3)9-20(17)33-23/h6,8,10-11,13-15H,5,7,9,12H2,1-4H3,(H,27,29)/b26-11+. The van der Waals surface area contributed by atoms with Crippen molar-refractivity contribution in [2.24, 2.45) is 11.0 Å². The average molecular weight is 469 g/mol. The number of ether oxygens (including phenoxy) is 2. The van der Waals surface area contributed by atoms with E-state index in [0.717, 1.165) is 35.2 Å². The Kier molecular flexibility index (Phi) is 6.78. The summed E-state index contributed by atoms with van der Waals surface area (Å²) in [5.74, 6) is 1.44. The van der Waals surface area contributed by atoms with E-state index in [4.69, 9.17) is 9.47 Å². The molecule has 0 spiro atoms. The molecule has 0 saturated carbocycles. The Morgan fingerprint density at radius 3 is 2.97 bits per heavy atom. The van der Waals surface area contributed by atoms with Crippen LogP contribution in [-0.4, -0.2) is 34.9 Å². The molecule has 1 aliphatic carbocycles. The van der Waals surface area contributed by atoms with Gasteiger partial charge in [-0.05, 0) is 68.4 Å². The highest BCUT2D eigenvalue weighted by Gasteiger charge is 2.23. The Labute approximate surface area is 196 Å². The summed E-state index contributed by atoms with van der Waals surface area (Å²) in [6.45, 7) is 5.96. The molecular formula is C24H28N4O4S. The summed E-state index contributed by atoms with van der Waals surface area (Å²) in [6.07, 6.45) is 5.92. The van der Waals surface area contributed by atoms with E-state index in [0.29, 0.717) is 22.8 Å². The van der Waals surface area contributed by atoms with Crippen LogP contribution in [0.2, 0.25) is 0 Å². The number of fused-ring (bicyclic) bond motifs is 3. The number of carbonyl (C=O) groups excluding carboxylic acids is 1. The fraction of sp³-hybridized carbons (Fsp3) is 0.417. The number of hydrogen-bond acceptors (Lipinski definition) is 7. The molecule has 2 heterocycles. The number of aryl methyl sites for hydroxylation is 1. The van der Waals surface area contributed by atoms with Crippen molar-refractivity contribution in [2.45, 2.75) is 52.7 Å². The normalized spacial score (nSPS) is 15.7. The SMILES string of the molecule is COc1cc(/C=N/NC(=O)Cn2cnc3sc4c(c3c2=O)CCC(C)C4)ccc1OC(C)C. The molecule has 1 unspecified atom stereocenters. The lowest BCUT2D eigenvalue weighted by atomic mass is 9.89. The molecule has 33 heavy (non-hydrogen) atoms. The zero-order valence-electron chi connectivity index (χ0n) is 19.3. The summed E-state index contributed by atoms with van der Waals surface area (Å²) >= 11 is 1.60. The topological polar surface area (TPSA) is 94.8 Å². The summed E-state index contributed by atoms with van der Waals surface area (Å²) in [5, 5.41) is 4.67. The maximum absolute atomic E-state index is 13.0. The van der Waals surface area contributed by atoms with E-state index in [1.807, 2.05) is 19.9 Å². The molecule has 1 amide bonds. The number of aromatic nitrogens is 2. The molecule has 1 aromatic carbocycles. The Morgan fingerprint density at radius 2 is 2.21 bits per heavy atom. The number of carbonyl (C=O) groups is 1. The molecule has 0 fully saturated rings. The lowest BCUT2D eigenvalue weighted by Crippen LogP contribution is -2.30. The van der Waals surface area contributed by atoms with Crippen LogP contribution in [0.1, 0.15) is 43.2 Å². The molecule has 1 N–H and O–H groups in total. The third kappa shape index (κ3) is 5.08. The first-order valence-corrected chi connectivity index (χ1v) is 11.8. The van der Waals surface area contributed by atoms with Gasteiger partial charge in [-0.2, -0.15) is 5.10 Å². The van der Waals surface area contributed by atoms with Gasteiger partial charge >= 0.3 is 0 Å². The molecule has 3 aromatic rings. The first kappa shape index (κ1) is 23.0. The minimum atomic E-state index is -0.404. The summed E-state index contributed by atoms with van der Waals surface area (Å²) < 4.78 is 12.4. The van der Waals surface area contributed by atoms with Gasteiger partial charge in [0.25, 0.3) is 11.5 Å². The van der Waals surface area contributed by atoms with E-state index < -0.39 is 5.91 Å². The van der Waals surface area contributed by atoms with Gasteiger partial charge < -0.3 is 9.47 Å². The van der Waals surface area contributed by atoms with Crippen LogP contribution in [0.25, 0.3) is 10.2 Å². The largest absolute Gasteiger partial charge is 0.493 e. The van der Waals surface area contributed by atoms with Gasteiger partial charge in [-0.1, -0.05) is 6.92 Å². The predicted molar refractivity (Wildman–Crippen MR) is 130 cm³/mol. The fourth-order valence-corrected chi connectivity index (χ4v) is 5.30. The van der Waals surface area contributed by atoms with E-state index in [1.165, 1.54) is 22.0 Å². The van der Waals surface area contributed by atoms with Gasteiger partial charge in [0, 0.05) is 4.88 Å². The summed E-state index contributed by atoms with van der Waals surface area (Å²) in [5.41, 5.74) is 4.15. The highest BCUT2D eigenvalue weighted by atomic mass is 32.1. The van der Waals surface area contributed by atoms with Crippen LogP contribution in [0.4, 0.5) is 0 Å². The minimum Gasteiger partial charge on any atom is -0.493 e. The summed E-state index contributed by atoms with van der Waals surface area (Å²) in [7, 11) is 1.57. The monoisotopic (exact) mass is 468 g/mol. The quantitative estimate of drug-likeness (QED) is 0.423. The van der Waals surface area contributed by atoms with Crippen molar-refractivity contribution in [3.63, 3.8) is 0 Å². The average Bonchev–Trinajstić information content (AvgIpc) is 3.14. The predicted octanol–water partition coefficient (Wildman–Crippen LogP) is 3.53. The van der Waals surface area contributed by atoms with E-state index in [9.17, 15) is 9.59 Å². The maximum atomic E-state index is 13.0. The Morgan fingerprint density at radius 1 is 1.39 bits per heavy atom. The third-order valence-electron chi connectivity index (χ3n) is 5.55. The molecule has 9 heteroatoms. The molecular weight excluding hydrogens is 440 g/mol. The number of hydrazone groups is 1. The molecule has 2 aromatic heterocycles. The van der Waals surface area contributed by atoms with Crippen molar-refractivity contribution in [1.29, 1.82) is 0 Å². The van der Waals surface area contributed by atoms with Gasteiger partial charge in [0.05, 0.1) is 31.1 Å². The molecule has 1 atom stereocenters. The summed E-state index contributed by atoms with van der Waals surface area (Å²) in [4.78, 5) is 31.9. The molecule has 8 nitrogen and oxygen atoms in total. The van der Waals surface area contributed by atoms with E-state index >= 15 is 0 Å². The molecule has 0 saturated heterocycles. The number of thiophene rings is 1. The number of benzene rings is 1. The zero-order valence-corrected chi connectivity index (χ0v) is 20.1. The van der Waals surface area contributed by atoms with Crippen LogP contribution in [0.15, 0.2) is 34.4 Å². The molecule has 0 aliphatic heterocycles. The molecule has 174 valence electrons. The van der Waals surface area contributed by atoms with Gasteiger partial charge in [-0.25, -0.2) is 10.4 Å². The first-order valence-electron chi connectivity index (χ1n) is 11.0. The van der Waals surface area contributed by atoms with Crippen molar-refractivity contribution >= 4 is 33.7 Å². The highest BCUT2D eigenvalue weighted by molar-refractivity contribution is 7.18. The van der Waals surface area contributed by atoms with Crippen LogP contribution < -0.4 is 20.5 Å². The number of nitrogens with zero attached hydrogens (tertiary/aromatic N) is 3. The lowest BCUT2D eigenvalue weighted by Gasteiger charge is -2.17. The Bertz CT molecular complexity index is 1260. The fourth-order valence-electron chi connectivity index (χ4n) is 3.96. The minimum absolute atomic E-state index is 0.0259. The van der Waals surface area contributed by atoms with Crippen molar-refractivity contribution in [2.75, 3.05) is 7.11 Å². The first-order chi connectivity index (χ1) is 15.9. The van der Waals surface area contributed by atoms with E-state index in [-0.39, 0.29) is 18.2 Å². The number of hydrogen-bond donors (Lipinski definition) is 1. The molecule has 4 rings (SSSR count). The maximum Gasteiger partial charge on any atom is 0.262 e. The zero-order chi connectivity index (χ0) is 23.5.